The molecule has 1 heterocycles. The first-order valence-electron chi connectivity index (χ1n) is 10.1. The highest BCUT2D eigenvalue weighted by atomic mass is 35.5. The summed E-state index contributed by atoms with van der Waals surface area (Å²) >= 11 is 12.4. The highest BCUT2D eigenvalue weighted by Gasteiger charge is 2.47. The summed E-state index contributed by atoms with van der Waals surface area (Å²) in [6.45, 7) is 3.87. The molecule has 0 bridgehead atoms. The minimum Gasteiger partial charge on any atom is -0.468 e. The van der Waals surface area contributed by atoms with Crippen molar-refractivity contribution in [2.24, 2.45) is 11.8 Å². The first kappa shape index (κ1) is 24.3. The highest BCUT2D eigenvalue weighted by Crippen LogP contribution is 2.46. The Morgan fingerprint density at radius 1 is 1.16 bits per heavy atom. The Morgan fingerprint density at radius 3 is 2.50 bits per heavy atom. The first-order chi connectivity index (χ1) is 15.2. The van der Waals surface area contributed by atoms with Crippen molar-refractivity contribution >= 4 is 40.9 Å². The molecule has 1 aromatic carbocycles. The van der Waals surface area contributed by atoms with Crippen LogP contribution in [-0.2, 0) is 28.6 Å². The minimum atomic E-state index is -0.963. The van der Waals surface area contributed by atoms with Crippen molar-refractivity contribution < 1.29 is 28.6 Å². The SMILES string of the molecule is COCCOC(=O)C1=C(C)NC2=C(C(=O)[C@H](C(=O)OC)[C@H](C)C2)[C@@H]1c1ccc(Cl)c(Cl)c1. The average molecular weight is 482 g/mol. The Kier molecular flexibility index (Phi) is 7.64. The normalized spacial score (nSPS) is 22.9. The predicted octanol–water partition coefficient (Wildman–Crippen LogP) is 3.80. The molecule has 0 aromatic heterocycles. The van der Waals surface area contributed by atoms with Crippen molar-refractivity contribution in [1.82, 2.24) is 5.32 Å². The number of nitrogens with one attached hydrogen (secondary N) is 1. The second kappa shape index (κ2) is 10.1. The van der Waals surface area contributed by atoms with Gasteiger partial charge in [-0.1, -0.05) is 36.2 Å². The van der Waals surface area contributed by atoms with Crippen LogP contribution in [0, 0.1) is 11.8 Å². The molecule has 9 heteroatoms. The van der Waals surface area contributed by atoms with Crippen LogP contribution in [0.25, 0.3) is 0 Å². The lowest BCUT2D eigenvalue weighted by Gasteiger charge is -2.38. The van der Waals surface area contributed by atoms with E-state index in [9.17, 15) is 14.4 Å². The van der Waals surface area contributed by atoms with Crippen LogP contribution in [0.5, 0.6) is 0 Å². The predicted molar refractivity (Wildman–Crippen MR) is 119 cm³/mol. The zero-order valence-corrected chi connectivity index (χ0v) is 19.8. The third-order valence-corrected chi connectivity index (χ3v) is 6.50. The van der Waals surface area contributed by atoms with Crippen molar-refractivity contribution in [3.8, 4) is 0 Å². The highest BCUT2D eigenvalue weighted by molar-refractivity contribution is 6.42. The number of esters is 2. The standard InChI is InChI=1S/C23H25Cl2NO6/c1-11-9-16-20(21(27)17(11)22(28)31-4)19(13-5-6-14(24)15(25)10-13)18(12(2)26-16)23(29)32-8-7-30-3/h5-6,10-11,17,19,26H,7-9H2,1-4H3/t11-,17-,19-/m1/s1. The topological polar surface area (TPSA) is 90.9 Å². The van der Waals surface area contributed by atoms with Gasteiger partial charge in [-0.15, -0.1) is 0 Å². The van der Waals surface area contributed by atoms with E-state index in [-0.39, 0.29) is 35.5 Å². The molecule has 7 nitrogen and oxygen atoms in total. The van der Waals surface area contributed by atoms with E-state index in [0.29, 0.717) is 34.0 Å². The maximum absolute atomic E-state index is 13.6. The number of carbonyl (C=O) groups is 3. The maximum atomic E-state index is 13.6. The van der Waals surface area contributed by atoms with Crippen molar-refractivity contribution in [1.29, 1.82) is 0 Å². The number of dihydropyridines is 1. The molecule has 32 heavy (non-hydrogen) atoms. The summed E-state index contributed by atoms with van der Waals surface area (Å²) in [5.74, 6) is -3.58. The maximum Gasteiger partial charge on any atom is 0.336 e. The van der Waals surface area contributed by atoms with Crippen LogP contribution < -0.4 is 5.32 Å². The number of hydrogen-bond donors (Lipinski definition) is 1. The van der Waals surface area contributed by atoms with E-state index in [4.69, 9.17) is 37.4 Å². The third-order valence-electron chi connectivity index (χ3n) is 5.76. The van der Waals surface area contributed by atoms with Gasteiger partial charge in [0, 0.05) is 30.0 Å². The molecule has 0 saturated heterocycles. The summed E-state index contributed by atoms with van der Waals surface area (Å²) in [4.78, 5) is 39.1. The van der Waals surface area contributed by atoms with Gasteiger partial charge in [0.1, 0.15) is 12.5 Å². The van der Waals surface area contributed by atoms with Crippen LogP contribution in [0.3, 0.4) is 0 Å². The fourth-order valence-corrected chi connectivity index (χ4v) is 4.58. The van der Waals surface area contributed by atoms with Crippen LogP contribution in [0.4, 0.5) is 0 Å². The number of halogens is 2. The van der Waals surface area contributed by atoms with E-state index in [1.165, 1.54) is 14.2 Å². The lowest BCUT2D eigenvalue weighted by Crippen LogP contribution is -2.43. The molecular weight excluding hydrogens is 457 g/mol. The minimum absolute atomic E-state index is 0.0574. The number of ketones is 1. The Labute approximate surface area is 196 Å². The van der Waals surface area contributed by atoms with E-state index < -0.39 is 23.8 Å². The van der Waals surface area contributed by atoms with Gasteiger partial charge in [-0.2, -0.15) is 0 Å². The van der Waals surface area contributed by atoms with E-state index in [1.54, 1.807) is 25.1 Å². The molecule has 0 unspecified atom stereocenters. The lowest BCUT2D eigenvalue weighted by molar-refractivity contribution is -0.151. The molecule has 1 aromatic rings. The number of Topliss-reactive ketones (excluding diaryl/α,β-unsaturated/α-hetero) is 1. The molecule has 1 aliphatic carbocycles. The van der Waals surface area contributed by atoms with Gasteiger partial charge in [-0.25, -0.2) is 4.79 Å². The Morgan fingerprint density at radius 2 is 1.88 bits per heavy atom. The number of rotatable bonds is 6. The molecule has 0 amide bonds. The third kappa shape index (κ3) is 4.56. The van der Waals surface area contributed by atoms with Gasteiger partial charge < -0.3 is 19.5 Å². The Balaban J connectivity index is 2.14. The van der Waals surface area contributed by atoms with Crippen molar-refractivity contribution in [3.05, 3.63) is 56.3 Å². The molecule has 172 valence electrons. The Bertz CT molecular complexity index is 1020. The summed E-state index contributed by atoms with van der Waals surface area (Å²) in [5, 5.41) is 3.83. The van der Waals surface area contributed by atoms with E-state index >= 15 is 0 Å². The smallest absolute Gasteiger partial charge is 0.336 e. The quantitative estimate of drug-likeness (QED) is 0.375. The van der Waals surface area contributed by atoms with Crippen LogP contribution in [0.15, 0.2) is 40.7 Å². The molecule has 0 fully saturated rings. The first-order valence-corrected chi connectivity index (χ1v) is 10.9. The molecule has 2 aliphatic rings. The number of allylic oxidation sites excluding steroid dienone is 3. The van der Waals surface area contributed by atoms with E-state index in [2.05, 4.69) is 5.32 Å². The molecule has 0 radical (unpaired) electrons. The molecular formula is C23H25Cl2NO6. The van der Waals surface area contributed by atoms with Gasteiger partial charge >= 0.3 is 11.9 Å². The van der Waals surface area contributed by atoms with E-state index in [0.717, 1.165) is 0 Å². The van der Waals surface area contributed by atoms with Gasteiger partial charge in [0.05, 0.1) is 29.3 Å². The lowest BCUT2D eigenvalue weighted by atomic mass is 9.69. The molecule has 0 saturated carbocycles. The van der Waals surface area contributed by atoms with Gasteiger partial charge in [0.25, 0.3) is 0 Å². The summed E-state index contributed by atoms with van der Waals surface area (Å²) in [6.07, 6.45) is 0.446. The average Bonchev–Trinajstić information content (AvgIpc) is 2.74. The van der Waals surface area contributed by atoms with Gasteiger partial charge in [-0.05, 0) is 37.0 Å². The number of ether oxygens (including phenoxy) is 3. The fraction of sp³-hybridized carbons (Fsp3) is 0.435. The summed E-state index contributed by atoms with van der Waals surface area (Å²) in [5.41, 5.74) is 2.44. The van der Waals surface area contributed by atoms with Crippen LogP contribution in [0.2, 0.25) is 10.0 Å². The molecule has 1 N–H and O–H groups in total. The summed E-state index contributed by atoms with van der Waals surface area (Å²) in [7, 11) is 2.76. The second-order valence-corrected chi connectivity index (χ2v) is 8.65. The molecule has 0 spiro atoms. The van der Waals surface area contributed by atoms with Gasteiger partial charge in [0.15, 0.2) is 5.78 Å². The number of methoxy groups -OCH3 is 2. The van der Waals surface area contributed by atoms with Crippen molar-refractivity contribution in [3.63, 3.8) is 0 Å². The summed E-state index contributed by atoms with van der Waals surface area (Å²) < 4.78 is 15.2. The molecule has 1 aliphatic heterocycles. The van der Waals surface area contributed by atoms with Crippen LogP contribution >= 0.6 is 23.2 Å². The van der Waals surface area contributed by atoms with E-state index in [1.807, 2.05) is 6.92 Å². The number of benzene rings is 1. The van der Waals surface area contributed by atoms with Gasteiger partial charge in [-0.3, -0.25) is 9.59 Å². The zero-order chi connectivity index (χ0) is 23.6. The molecule has 3 atom stereocenters. The second-order valence-electron chi connectivity index (χ2n) is 7.84. The van der Waals surface area contributed by atoms with Crippen LogP contribution in [-0.4, -0.2) is 45.2 Å². The molecule has 3 rings (SSSR count). The number of hydrogen-bond acceptors (Lipinski definition) is 7. The number of carbonyl (C=O) groups excluding carboxylic acids is 3. The van der Waals surface area contributed by atoms with Crippen molar-refractivity contribution in [2.75, 3.05) is 27.4 Å². The van der Waals surface area contributed by atoms with Crippen LogP contribution in [0.1, 0.15) is 31.7 Å². The fourth-order valence-electron chi connectivity index (χ4n) is 4.27. The monoisotopic (exact) mass is 481 g/mol. The largest absolute Gasteiger partial charge is 0.468 e. The zero-order valence-electron chi connectivity index (χ0n) is 18.3. The van der Waals surface area contributed by atoms with Crippen molar-refractivity contribution in [2.45, 2.75) is 26.2 Å². The van der Waals surface area contributed by atoms with Gasteiger partial charge in [0.2, 0.25) is 0 Å². The Hall–Kier alpha value is -2.35. The summed E-state index contributed by atoms with van der Waals surface area (Å²) in [6, 6.07) is 4.94.